The molecule has 47 heavy (non-hydrogen) atoms. The summed E-state index contributed by atoms with van der Waals surface area (Å²) in [6.45, 7) is 5.92. The van der Waals surface area contributed by atoms with Crippen molar-refractivity contribution in [1.82, 2.24) is 10.6 Å². The summed E-state index contributed by atoms with van der Waals surface area (Å²) in [5.41, 5.74) is -1.35. The molecule has 2 heterocycles. The molecule has 3 aromatic rings. The van der Waals surface area contributed by atoms with Crippen molar-refractivity contribution in [2.75, 3.05) is 33.4 Å². The van der Waals surface area contributed by atoms with Gasteiger partial charge in [-0.1, -0.05) is 41.9 Å². The van der Waals surface area contributed by atoms with Gasteiger partial charge in [0.25, 0.3) is 5.91 Å². The molecule has 1 saturated heterocycles. The Morgan fingerprint density at radius 3 is 2.51 bits per heavy atom. The molecule has 252 valence electrons. The van der Waals surface area contributed by atoms with Gasteiger partial charge in [-0.2, -0.15) is 0 Å². The quantitative estimate of drug-likeness (QED) is 0.225. The zero-order valence-corrected chi connectivity index (χ0v) is 27.6. The average molecular weight is 673 g/mol. The lowest BCUT2D eigenvalue weighted by atomic mass is 9.85. The first-order valence-corrected chi connectivity index (χ1v) is 15.9. The van der Waals surface area contributed by atoms with Gasteiger partial charge in [0.2, 0.25) is 0 Å². The number of ether oxygens (including phenoxy) is 5. The van der Waals surface area contributed by atoms with Gasteiger partial charge < -0.3 is 34.3 Å². The van der Waals surface area contributed by atoms with Crippen molar-refractivity contribution in [3.05, 3.63) is 81.9 Å². The molecular weight excluding hydrogens is 634 g/mol. The Morgan fingerprint density at radius 2 is 1.83 bits per heavy atom. The van der Waals surface area contributed by atoms with Crippen LogP contribution in [-0.4, -0.2) is 57.3 Å². The van der Waals surface area contributed by atoms with Gasteiger partial charge in [-0.05, 0) is 57.7 Å². The van der Waals surface area contributed by atoms with E-state index < -0.39 is 39.9 Å². The van der Waals surface area contributed by atoms with Gasteiger partial charge in [0.15, 0.2) is 23.5 Å². The van der Waals surface area contributed by atoms with Gasteiger partial charge in [0.05, 0.1) is 23.7 Å². The van der Waals surface area contributed by atoms with Crippen molar-refractivity contribution in [1.29, 1.82) is 0 Å². The smallest absolute Gasteiger partial charge is 0.407 e. The maximum absolute atomic E-state index is 16.5. The Kier molecular flexibility index (Phi) is 10.6. The number of alkyl carbamates (subject to hydrolysis) is 1. The van der Waals surface area contributed by atoms with E-state index in [0.717, 1.165) is 25.3 Å². The zero-order valence-electron chi connectivity index (χ0n) is 26.8. The Bertz CT molecular complexity index is 1610. The van der Waals surface area contributed by atoms with E-state index in [-0.39, 0.29) is 60.7 Å². The molecule has 0 radical (unpaired) electrons. The first-order valence-electron chi connectivity index (χ1n) is 15.6. The summed E-state index contributed by atoms with van der Waals surface area (Å²) in [6.07, 6.45) is 1.77. The van der Waals surface area contributed by atoms with Crippen LogP contribution >= 0.6 is 11.6 Å². The molecule has 2 N–H and O–H groups in total. The molecule has 0 spiro atoms. The summed E-state index contributed by atoms with van der Waals surface area (Å²) < 4.78 is 61.0. The average Bonchev–Trinajstić information content (AvgIpc) is 3.42. The molecular formula is C35H39ClF2N2O7. The van der Waals surface area contributed by atoms with Crippen LogP contribution in [0.3, 0.4) is 0 Å². The van der Waals surface area contributed by atoms with Crippen molar-refractivity contribution < 1.29 is 42.1 Å². The molecule has 2 amide bonds. The minimum atomic E-state index is -1.25. The molecule has 0 aliphatic carbocycles. The van der Waals surface area contributed by atoms with Crippen molar-refractivity contribution >= 4 is 23.6 Å². The molecule has 2 aliphatic rings. The Balaban J connectivity index is 1.53. The van der Waals surface area contributed by atoms with Crippen molar-refractivity contribution in [2.45, 2.75) is 63.9 Å². The van der Waals surface area contributed by atoms with Crippen LogP contribution in [0, 0.1) is 11.6 Å². The summed E-state index contributed by atoms with van der Waals surface area (Å²) in [5.74, 6) is -2.48. The first-order chi connectivity index (χ1) is 22.4. The van der Waals surface area contributed by atoms with E-state index in [1.807, 2.05) is 18.2 Å². The number of nitrogens with one attached hydrogen (secondary N) is 2. The van der Waals surface area contributed by atoms with Crippen LogP contribution in [0.1, 0.15) is 61.5 Å². The molecule has 5 rings (SSSR count). The number of carbonyl (C=O) groups is 2. The van der Waals surface area contributed by atoms with E-state index in [2.05, 4.69) is 10.6 Å². The highest BCUT2D eigenvalue weighted by atomic mass is 35.5. The Hall–Kier alpha value is -3.93. The third-order valence-electron chi connectivity index (χ3n) is 7.88. The molecule has 0 bridgehead atoms. The van der Waals surface area contributed by atoms with E-state index >= 15 is 8.78 Å². The molecule has 2 aliphatic heterocycles. The van der Waals surface area contributed by atoms with Gasteiger partial charge in [0, 0.05) is 42.8 Å². The van der Waals surface area contributed by atoms with Gasteiger partial charge in [0.1, 0.15) is 23.8 Å². The number of hydrogen-bond donors (Lipinski definition) is 2. The Labute approximate surface area is 277 Å². The molecule has 0 saturated carbocycles. The van der Waals surface area contributed by atoms with E-state index in [1.165, 1.54) is 19.2 Å². The summed E-state index contributed by atoms with van der Waals surface area (Å²) in [6, 6.07) is 12.9. The van der Waals surface area contributed by atoms with E-state index in [9.17, 15) is 9.59 Å². The maximum atomic E-state index is 16.5. The second kappa shape index (κ2) is 14.5. The van der Waals surface area contributed by atoms with E-state index in [4.69, 9.17) is 35.3 Å². The molecule has 2 unspecified atom stereocenters. The molecule has 12 heteroatoms. The van der Waals surface area contributed by atoms with Crippen LogP contribution in [0.4, 0.5) is 13.6 Å². The van der Waals surface area contributed by atoms with E-state index in [1.54, 1.807) is 32.9 Å². The predicted molar refractivity (Wildman–Crippen MR) is 172 cm³/mol. The van der Waals surface area contributed by atoms with Crippen LogP contribution in [-0.2, 0) is 26.2 Å². The summed E-state index contributed by atoms with van der Waals surface area (Å²) >= 11 is 6.61. The molecule has 1 fully saturated rings. The maximum Gasteiger partial charge on any atom is 0.407 e. The van der Waals surface area contributed by atoms with Crippen molar-refractivity contribution in [3.63, 3.8) is 0 Å². The standard InChI is InChI=1S/C35H39ClF2N2O7/c1-34(2,3)47-33(42)40-20-35(21-10-6-5-7-11-21)19-23-26(46-35)18-24(37)30(36)28(23)29-22(32(41)39-4)13-14-25(31(29)38)43-16-17-45-27-12-8-9-15-44-27/h5-7,10-11,13-14,18,27H,8-9,12,15-17,19-20H2,1-4H3,(H,39,41)(H,40,42). The fourth-order valence-electron chi connectivity index (χ4n) is 5.74. The van der Waals surface area contributed by atoms with Gasteiger partial charge in [-0.15, -0.1) is 0 Å². The van der Waals surface area contributed by atoms with Gasteiger partial charge >= 0.3 is 6.09 Å². The number of benzene rings is 3. The fourth-order valence-corrected chi connectivity index (χ4v) is 6.01. The first kappa shape index (κ1) is 34.4. The highest BCUT2D eigenvalue weighted by Crippen LogP contribution is 2.50. The third kappa shape index (κ3) is 7.80. The summed E-state index contributed by atoms with van der Waals surface area (Å²) in [5, 5.41) is 4.88. The van der Waals surface area contributed by atoms with Crippen LogP contribution in [0.25, 0.3) is 11.1 Å². The minimum Gasteiger partial charge on any atom is -0.488 e. The largest absolute Gasteiger partial charge is 0.488 e. The number of halogens is 3. The lowest BCUT2D eigenvalue weighted by Gasteiger charge is -2.30. The molecule has 3 aromatic carbocycles. The third-order valence-corrected chi connectivity index (χ3v) is 8.25. The van der Waals surface area contributed by atoms with Gasteiger partial charge in [-0.3, -0.25) is 4.79 Å². The molecule has 9 nitrogen and oxygen atoms in total. The van der Waals surface area contributed by atoms with Crippen LogP contribution in [0.15, 0.2) is 48.5 Å². The summed E-state index contributed by atoms with van der Waals surface area (Å²) in [4.78, 5) is 25.8. The number of rotatable bonds is 10. The van der Waals surface area contributed by atoms with Crippen LogP contribution in [0.2, 0.25) is 5.02 Å². The second-order valence-corrected chi connectivity index (χ2v) is 12.8. The monoisotopic (exact) mass is 672 g/mol. The number of fused-ring (bicyclic) bond motifs is 1. The van der Waals surface area contributed by atoms with Crippen LogP contribution in [0.5, 0.6) is 11.5 Å². The van der Waals surface area contributed by atoms with E-state index in [0.29, 0.717) is 17.7 Å². The lowest BCUT2D eigenvalue weighted by molar-refractivity contribution is -0.165. The fraction of sp³-hybridized carbons (Fsp3) is 0.429. The normalized spacial score (nSPS) is 19.0. The summed E-state index contributed by atoms with van der Waals surface area (Å²) in [7, 11) is 1.41. The predicted octanol–water partition coefficient (Wildman–Crippen LogP) is 6.92. The van der Waals surface area contributed by atoms with Crippen LogP contribution < -0.4 is 20.1 Å². The highest BCUT2D eigenvalue weighted by molar-refractivity contribution is 6.34. The Morgan fingerprint density at radius 1 is 1.06 bits per heavy atom. The molecule has 0 aromatic heterocycles. The minimum absolute atomic E-state index is 0.00109. The lowest BCUT2D eigenvalue weighted by Crippen LogP contribution is -2.45. The zero-order chi connectivity index (χ0) is 33.8. The number of hydrogen-bond acceptors (Lipinski definition) is 7. The molecule has 2 atom stereocenters. The van der Waals surface area contributed by atoms with Crippen molar-refractivity contribution in [3.8, 4) is 22.6 Å². The number of amides is 2. The topological polar surface area (TPSA) is 104 Å². The SMILES string of the molecule is CNC(=O)c1ccc(OCCOC2CCCCO2)c(F)c1-c1c(Cl)c(F)cc2c1CC(CNC(=O)OC(C)(C)C)(c1ccccc1)O2. The van der Waals surface area contributed by atoms with Gasteiger partial charge in [-0.25, -0.2) is 13.6 Å². The second-order valence-electron chi connectivity index (χ2n) is 12.4. The number of carbonyl (C=O) groups excluding carboxylic acids is 2. The van der Waals surface area contributed by atoms with Crippen molar-refractivity contribution in [2.24, 2.45) is 0 Å². The highest BCUT2D eigenvalue weighted by Gasteiger charge is 2.45.